The fourth-order valence-corrected chi connectivity index (χ4v) is 25.1. The standard InChI is InChI=1S/C21H34O2.C19H32O2.C19H34O2.C16H28O2.C15H28O2.C14H26O2/c1-6-20(4,5)19(22)23-21(12(2)3)11-15-10-16(21)18-14-8-7-13(9-14)17(15)18;1-6-18(4,5)17(20)21-19(12(2)3)15-8-13-7-14(10-15)11-16(19)9-13;1-6-18(4,5)17(20)21-19(14(2)3)12-11-15-9-7-8-10-16(15)13-19;1-6-15(4,5)14(17)18-16(11(2)3)10-12-7-8-13(16)9-12;1-6-14(4,5)13(16)17-15(12(2)3)10-8-7-9-11-15;1-6-13(4,5)12(15)16-14(11(2)3)9-7-8-10-14/h12-18H,6-11H2,1-5H3;12-16H,6-11H2,1-5H3;14-16H,6-13H2,1-5H3;11-13H,6-10H2,1-5H3;12H,6-11H2,1-5H3;11H,6-10H2,1-5H3. The number of esters is 6. The van der Waals surface area contributed by atoms with Crippen LogP contribution in [0.2, 0.25) is 0 Å². The zero-order valence-corrected chi connectivity index (χ0v) is 80.9. The fourth-order valence-electron chi connectivity index (χ4n) is 25.1. The predicted octanol–water partition coefficient (Wildman–Crippen LogP) is 27.7. The summed E-state index contributed by atoms with van der Waals surface area (Å²) in [7, 11) is 0. The zero-order valence-electron chi connectivity index (χ0n) is 80.9. The normalized spacial score (nSPS) is 34.2. The van der Waals surface area contributed by atoms with Crippen LogP contribution < -0.4 is 0 Å². The van der Waals surface area contributed by atoms with Crippen molar-refractivity contribution in [2.45, 2.75) is 472 Å². The van der Waals surface area contributed by atoms with Crippen LogP contribution in [-0.2, 0) is 57.2 Å². The molecule has 0 aromatic rings. The third-order valence-electron chi connectivity index (χ3n) is 36.2. The molecule has 0 N–H and O–H groups in total. The molecule has 0 aromatic carbocycles. The Morgan fingerprint density at radius 2 is 0.638 bits per heavy atom. The lowest BCUT2D eigenvalue weighted by atomic mass is 9.47. The van der Waals surface area contributed by atoms with Gasteiger partial charge >= 0.3 is 35.8 Å². The number of carbonyl (C=O) groups is 6. The maximum atomic E-state index is 12.9. The van der Waals surface area contributed by atoms with Gasteiger partial charge in [0, 0.05) is 5.92 Å². The number of hydrogen-bond acceptors (Lipinski definition) is 12. The lowest BCUT2D eigenvalue weighted by Gasteiger charge is -2.62. The van der Waals surface area contributed by atoms with E-state index in [-0.39, 0.29) is 102 Å². The molecule has 0 amide bonds. The molecular formula is C104H182O12. The van der Waals surface area contributed by atoms with Crippen molar-refractivity contribution in [3.63, 3.8) is 0 Å². The first-order chi connectivity index (χ1) is 53.9. The summed E-state index contributed by atoms with van der Waals surface area (Å²) in [6, 6.07) is 0. The summed E-state index contributed by atoms with van der Waals surface area (Å²) in [6.07, 6.45) is 42.6. The Hall–Kier alpha value is -3.18. The molecule has 14 rings (SSSR count). The van der Waals surface area contributed by atoms with E-state index in [1.54, 1.807) is 0 Å². The van der Waals surface area contributed by atoms with Crippen LogP contribution in [0.1, 0.15) is 439 Å². The Kier molecular flexibility index (Phi) is 32.6. The summed E-state index contributed by atoms with van der Waals surface area (Å²) in [5.41, 5.74) is -3.16. The van der Waals surface area contributed by atoms with Crippen LogP contribution >= 0.6 is 0 Å². The van der Waals surface area contributed by atoms with E-state index >= 15 is 0 Å². The Morgan fingerprint density at radius 1 is 0.276 bits per heavy atom. The molecule has 0 heterocycles. The molecule has 12 heteroatoms. The largest absolute Gasteiger partial charge is 0.458 e. The minimum Gasteiger partial charge on any atom is -0.458 e. The summed E-state index contributed by atoms with van der Waals surface area (Å²) in [5, 5.41) is 0. The van der Waals surface area contributed by atoms with Gasteiger partial charge in [-0.1, -0.05) is 157 Å². The lowest BCUT2D eigenvalue weighted by Crippen LogP contribution is -2.63. The smallest absolute Gasteiger partial charge is 0.312 e. The molecule has 13 unspecified atom stereocenters. The molecule has 14 aliphatic carbocycles. The van der Waals surface area contributed by atoms with E-state index in [4.69, 9.17) is 28.4 Å². The molecule has 116 heavy (non-hydrogen) atoms. The van der Waals surface area contributed by atoms with Crippen molar-refractivity contribution in [2.24, 2.45) is 151 Å². The average molecular weight is 1620 g/mol. The highest BCUT2D eigenvalue weighted by atomic mass is 16.6. The van der Waals surface area contributed by atoms with Gasteiger partial charge in [0.2, 0.25) is 0 Å². The van der Waals surface area contributed by atoms with Gasteiger partial charge in [-0.2, -0.15) is 0 Å². The van der Waals surface area contributed by atoms with Crippen LogP contribution in [0.5, 0.6) is 0 Å². The third-order valence-corrected chi connectivity index (χ3v) is 36.2. The van der Waals surface area contributed by atoms with Crippen LogP contribution in [0.15, 0.2) is 0 Å². The molecule has 14 saturated carbocycles. The van der Waals surface area contributed by atoms with Crippen molar-refractivity contribution in [1.29, 1.82) is 0 Å². The fraction of sp³-hybridized carbons (Fsp3) is 0.942. The highest BCUT2D eigenvalue weighted by Gasteiger charge is 2.70. The maximum Gasteiger partial charge on any atom is 0.312 e. The minimum atomic E-state index is -0.356. The first-order valence-electron chi connectivity index (χ1n) is 49.3. The van der Waals surface area contributed by atoms with E-state index < -0.39 is 0 Å². The van der Waals surface area contributed by atoms with Gasteiger partial charge < -0.3 is 28.4 Å². The Balaban J connectivity index is 0.000000175. The minimum absolute atomic E-state index is 0.00579. The van der Waals surface area contributed by atoms with Gasteiger partial charge in [0.1, 0.15) is 33.6 Å². The predicted molar refractivity (Wildman–Crippen MR) is 474 cm³/mol. The monoisotopic (exact) mass is 1620 g/mol. The van der Waals surface area contributed by atoms with E-state index in [0.717, 1.165) is 149 Å². The van der Waals surface area contributed by atoms with Crippen LogP contribution in [0, 0.1) is 151 Å². The van der Waals surface area contributed by atoms with E-state index in [9.17, 15) is 28.8 Å². The summed E-state index contributed by atoms with van der Waals surface area (Å²) in [6.45, 7) is 63.1. The molecule has 12 nitrogen and oxygen atoms in total. The summed E-state index contributed by atoms with van der Waals surface area (Å²) >= 11 is 0. The highest BCUT2D eigenvalue weighted by Crippen LogP contribution is 2.72. The van der Waals surface area contributed by atoms with Gasteiger partial charge in [0.15, 0.2) is 0 Å². The molecule has 10 bridgehead atoms. The Morgan fingerprint density at radius 3 is 1.01 bits per heavy atom. The SMILES string of the molecule is CCC(C)(C)C(=O)OC1(C(C)C)C2CC3CC(C2)CC1C3.CCC(C)(C)C(=O)OC1(C(C)C)CC2CC1C1C3CCC(C3)C21.CCC(C)(C)C(=O)OC1(C(C)C)CC2CCC1C2.CCC(C)(C)C(=O)OC1(C(C)C)CCC2CCCCC2C1.CCC(C)(C)C(=O)OC1(C(C)C)CCCC1.CCC(C)(C)C(=O)OC1(C(C)C)CCCCC1. The molecule has 0 spiro atoms. The molecule has 670 valence electrons. The molecule has 0 radical (unpaired) electrons. The van der Waals surface area contributed by atoms with Crippen LogP contribution in [0.25, 0.3) is 0 Å². The third kappa shape index (κ3) is 20.7. The molecular weight excluding hydrogens is 1440 g/mol. The summed E-state index contributed by atoms with van der Waals surface area (Å²) in [4.78, 5) is 75.1. The molecule has 14 aliphatic rings. The van der Waals surface area contributed by atoms with Crippen LogP contribution in [0.4, 0.5) is 0 Å². The zero-order chi connectivity index (χ0) is 86.7. The number of hydrogen-bond donors (Lipinski definition) is 0. The average Bonchev–Trinajstić information content (AvgIpc) is 1.52. The van der Waals surface area contributed by atoms with Gasteiger partial charge in [0.05, 0.1) is 32.5 Å². The second-order valence-corrected chi connectivity index (χ2v) is 47.1. The second-order valence-electron chi connectivity index (χ2n) is 47.1. The van der Waals surface area contributed by atoms with Gasteiger partial charge in [-0.05, 0) is 395 Å². The molecule has 13 atom stereocenters. The van der Waals surface area contributed by atoms with Gasteiger partial charge in [0.25, 0.3) is 0 Å². The number of rotatable bonds is 24. The number of carbonyl (C=O) groups excluding carboxylic acids is 6. The molecule has 0 aromatic heterocycles. The second kappa shape index (κ2) is 38.5. The van der Waals surface area contributed by atoms with Crippen LogP contribution in [-0.4, -0.2) is 69.4 Å². The van der Waals surface area contributed by atoms with E-state index in [0.29, 0.717) is 59.2 Å². The quantitative estimate of drug-likeness (QED) is 0.0512. The van der Waals surface area contributed by atoms with Gasteiger partial charge in [-0.25, -0.2) is 0 Å². The highest BCUT2D eigenvalue weighted by molar-refractivity contribution is 5.79. The first-order valence-corrected chi connectivity index (χ1v) is 49.3. The summed E-state index contributed by atoms with van der Waals surface area (Å²) < 4.78 is 37.0. The van der Waals surface area contributed by atoms with E-state index in [1.807, 2.05) is 96.9 Å². The van der Waals surface area contributed by atoms with Crippen molar-refractivity contribution in [2.75, 3.05) is 0 Å². The first kappa shape index (κ1) is 98.3. The summed E-state index contributed by atoms with van der Waals surface area (Å²) in [5.74, 6) is 14.0. The van der Waals surface area contributed by atoms with Crippen molar-refractivity contribution in [3.8, 4) is 0 Å². The van der Waals surface area contributed by atoms with E-state index in [2.05, 4.69) is 111 Å². The molecule has 14 fully saturated rings. The van der Waals surface area contributed by atoms with Crippen molar-refractivity contribution in [3.05, 3.63) is 0 Å². The Bertz CT molecular complexity index is 3190. The van der Waals surface area contributed by atoms with Crippen molar-refractivity contribution in [1.82, 2.24) is 0 Å². The van der Waals surface area contributed by atoms with Crippen LogP contribution in [0.3, 0.4) is 0 Å². The van der Waals surface area contributed by atoms with Gasteiger partial charge in [-0.15, -0.1) is 0 Å². The van der Waals surface area contributed by atoms with Crippen molar-refractivity contribution < 1.29 is 57.2 Å². The lowest BCUT2D eigenvalue weighted by molar-refractivity contribution is -0.231. The number of fused-ring (bicyclic) bond motifs is 12. The number of ether oxygens (including phenoxy) is 6. The van der Waals surface area contributed by atoms with Gasteiger partial charge in [-0.3, -0.25) is 28.8 Å². The molecule has 0 saturated heterocycles. The van der Waals surface area contributed by atoms with E-state index in [1.165, 1.54) is 141 Å². The topological polar surface area (TPSA) is 158 Å². The Labute approximate surface area is 712 Å². The maximum absolute atomic E-state index is 12.9. The molecule has 0 aliphatic heterocycles. The van der Waals surface area contributed by atoms with Crippen molar-refractivity contribution >= 4 is 35.8 Å².